The number of unbranched alkanes of at least 4 members (excludes halogenated alkanes) is 30. The van der Waals surface area contributed by atoms with Gasteiger partial charge in [0.1, 0.15) is 6.10 Å². The molecule has 3 unspecified atom stereocenters. The van der Waals surface area contributed by atoms with Crippen LogP contribution >= 0.6 is 0 Å². The number of aliphatic hydroxyl groups is 2. The van der Waals surface area contributed by atoms with Gasteiger partial charge < -0.3 is 20.3 Å². The zero-order valence-corrected chi connectivity index (χ0v) is 41.3. The molecule has 62 heavy (non-hydrogen) atoms. The molecule has 6 heteroatoms. The van der Waals surface area contributed by atoms with Crippen LogP contribution in [0.3, 0.4) is 0 Å². The molecule has 0 heterocycles. The molecule has 0 bridgehead atoms. The number of carbonyl (C=O) groups excluding carboxylic acids is 2. The SMILES string of the molecule is CCCCCCC/C=C/C=C/C=C/CCCCCCCC(=O)OC(CCCCCCC/C=C/CCCCCCCC)CC(=O)NC(CO)C(O)CCCCCCCCCCCC. The predicted molar refractivity (Wildman–Crippen MR) is 269 cm³/mol. The highest BCUT2D eigenvalue weighted by molar-refractivity contribution is 5.77. The predicted octanol–water partition coefficient (Wildman–Crippen LogP) is 16.2. The van der Waals surface area contributed by atoms with Crippen molar-refractivity contribution in [3.63, 3.8) is 0 Å². The van der Waals surface area contributed by atoms with Gasteiger partial charge in [0.2, 0.25) is 5.91 Å². The van der Waals surface area contributed by atoms with Crippen molar-refractivity contribution in [1.82, 2.24) is 5.32 Å². The topological polar surface area (TPSA) is 95.9 Å². The van der Waals surface area contributed by atoms with Crippen LogP contribution in [-0.2, 0) is 14.3 Å². The van der Waals surface area contributed by atoms with Crippen LogP contribution in [-0.4, -0.2) is 46.9 Å². The summed E-state index contributed by atoms with van der Waals surface area (Å²) in [6.07, 6.45) is 60.2. The molecule has 1 amide bonds. The number of aliphatic hydroxyl groups excluding tert-OH is 2. The third kappa shape index (κ3) is 44.4. The van der Waals surface area contributed by atoms with E-state index in [1.165, 1.54) is 141 Å². The normalized spacial score (nSPS) is 13.6. The maximum absolute atomic E-state index is 13.2. The van der Waals surface area contributed by atoms with Gasteiger partial charge >= 0.3 is 5.97 Å². The fourth-order valence-electron chi connectivity index (χ4n) is 8.07. The zero-order valence-electron chi connectivity index (χ0n) is 41.3. The second-order valence-electron chi connectivity index (χ2n) is 18.3. The lowest BCUT2D eigenvalue weighted by molar-refractivity contribution is -0.151. The summed E-state index contributed by atoms with van der Waals surface area (Å²) in [5, 5.41) is 23.7. The van der Waals surface area contributed by atoms with Gasteiger partial charge in [0.25, 0.3) is 0 Å². The largest absolute Gasteiger partial charge is 0.462 e. The van der Waals surface area contributed by atoms with E-state index in [9.17, 15) is 19.8 Å². The van der Waals surface area contributed by atoms with Gasteiger partial charge in [0.15, 0.2) is 0 Å². The molecule has 0 radical (unpaired) electrons. The molecule has 3 N–H and O–H groups in total. The molecule has 0 saturated heterocycles. The molecule has 3 atom stereocenters. The van der Waals surface area contributed by atoms with Crippen molar-refractivity contribution >= 4 is 11.9 Å². The summed E-state index contributed by atoms with van der Waals surface area (Å²) in [4.78, 5) is 26.2. The number of hydrogen-bond donors (Lipinski definition) is 3. The first-order valence-electron chi connectivity index (χ1n) is 26.9. The van der Waals surface area contributed by atoms with Crippen LogP contribution < -0.4 is 5.32 Å². The molecule has 0 aromatic heterocycles. The highest BCUT2D eigenvalue weighted by Gasteiger charge is 2.24. The second-order valence-corrected chi connectivity index (χ2v) is 18.3. The summed E-state index contributed by atoms with van der Waals surface area (Å²) >= 11 is 0. The zero-order chi connectivity index (χ0) is 45.2. The van der Waals surface area contributed by atoms with E-state index in [1.54, 1.807) is 0 Å². The number of rotatable bonds is 48. The van der Waals surface area contributed by atoms with Crippen molar-refractivity contribution in [3.05, 3.63) is 48.6 Å². The molecule has 0 spiro atoms. The smallest absolute Gasteiger partial charge is 0.306 e. The Balaban J connectivity index is 4.61. The van der Waals surface area contributed by atoms with Gasteiger partial charge in [0.05, 0.1) is 25.2 Å². The summed E-state index contributed by atoms with van der Waals surface area (Å²) in [6.45, 7) is 6.46. The summed E-state index contributed by atoms with van der Waals surface area (Å²) < 4.78 is 5.93. The molecule has 0 aromatic carbocycles. The summed E-state index contributed by atoms with van der Waals surface area (Å²) in [7, 11) is 0. The van der Waals surface area contributed by atoms with Crippen LogP contribution in [0.5, 0.6) is 0 Å². The van der Waals surface area contributed by atoms with Crippen molar-refractivity contribution in [2.45, 2.75) is 289 Å². The fourth-order valence-corrected chi connectivity index (χ4v) is 8.07. The lowest BCUT2D eigenvalue weighted by Crippen LogP contribution is -2.46. The summed E-state index contributed by atoms with van der Waals surface area (Å²) in [6, 6.07) is -0.707. The first-order valence-corrected chi connectivity index (χ1v) is 26.9. The van der Waals surface area contributed by atoms with Crippen LogP contribution in [0.25, 0.3) is 0 Å². The number of carbonyl (C=O) groups is 2. The van der Waals surface area contributed by atoms with Crippen molar-refractivity contribution in [3.8, 4) is 0 Å². The van der Waals surface area contributed by atoms with E-state index >= 15 is 0 Å². The van der Waals surface area contributed by atoms with Gasteiger partial charge in [-0.25, -0.2) is 0 Å². The molecule has 0 aliphatic carbocycles. The minimum Gasteiger partial charge on any atom is -0.462 e. The standard InChI is InChI=1S/C56H103NO5/c1-4-7-10-13-16-19-22-24-26-27-28-30-32-34-37-40-43-46-49-56(61)62-52(47-44-41-38-35-33-31-29-25-23-20-17-14-11-8-5-2)50-55(60)57-53(51-58)54(59)48-45-42-39-36-21-18-15-12-9-6-3/h22,24-30,52-54,58-59H,4-21,23,31-51H2,1-3H3,(H,57,60)/b24-22+,27-26+,29-25+,30-28+. The van der Waals surface area contributed by atoms with Gasteiger partial charge in [-0.15, -0.1) is 0 Å². The molecule has 0 aliphatic rings. The molecule has 0 fully saturated rings. The van der Waals surface area contributed by atoms with E-state index in [1.807, 2.05) is 0 Å². The second kappa shape index (κ2) is 49.8. The number of amides is 1. The van der Waals surface area contributed by atoms with Gasteiger partial charge in [0, 0.05) is 6.42 Å². The van der Waals surface area contributed by atoms with Crippen LogP contribution in [0.2, 0.25) is 0 Å². The van der Waals surface area contributed by atoms with Gasteiger partial charge in [-0.1, -0.05) is 230 Å². The summed E-state index contributed by atoms with van der Waals surface area (Å²) in [5.74, 6) is -0.499. The minimum atomic E-state index is -0.792. The highest BCUT2D eigenvalue weighted by Crippen LogP contribution is 2.18. The Bertz CT molecular complexity index is 1070. The Labute approximate surface area is 385 Å². The van der Waals surface area contributed by atoms with Crippen LogP contribution in [0, 0.1) is 0 Å². The number of esters is 1. The average Bonchev–Trinajstić information content (AvgIpc) is 3.26. The first-order chi connectivity index (χ1) is 30.5. The Morgan fingerprint density at radius 3 is 1.27 bits per heavy atom. The third-order valence-corrected chi connectivity index (χ3v) is 12.2. The van der Waals surface area contributed by atoms with Gasteiger partial charge in [-0.2, -0.15) is 0 Å². The molecule has 0 rings (SSSR count). The highest BCUT2D eigenvalue weighted by atomic mass is 16.5. The van der Waals surface area contributed by atoms with E-state index in [-0.39, 0.29) is 24.9 Å². The minimum absolute atomic E-state index is 0.0642. The lowest BCUT2D eigenvalue weighted by Gasteiger charge is -2.24. The molecule has 0 aliphatic heterocycles. The third-order valence-electron chi connectivity index (χ3n) is 12.2. The number of nitrogens with one attached hydrogen (secondary N) is 1. The lowest BCUT2D eigenvalue weighted by atomic mass is 10.0. The Morgan fingerprint density at radius 2 is 0.839 bits per heavy atom. The van der Waals surface area contributed by atoms with Gasteiger partial charge in [-0.05, 0) is 77.0 Å². The molecule has 362 valence electrons. The number of allylic oxidation sites excluding steroid dienone is 8. The Kier molecular flexibility index (Phi) is 48.1. The van der Waals surface area contributed by atoms with E-state index in [4.69, 9.17) is 4.74 Å². The average molecular weight is 870 g/mol. The fraction of sp³-hybridized carbons (Fsp3) is 0.821. The molecule has 6 nitrogen and oxygen atoms in total. The number of hydrogen-bond acceptors (Lipinski definition) is 5. The van der Waals surface area contributed by atoms with Crippen molar-refractivity contribution in [2.24, 2.45) is 0 Å². The van der Waals surface area contributed by atoms with E-state index < -0.39 is 18.2 Å². The van der Waals surface area contributed by atoms with E-state index in [0.717, 1.165) is 83.5 Å². The van der Waals surface area contributed by atoms with E-state index in [0.29, 0.717) is 19.3 Å². The number of ether oxygens (including phenoxy) is 1. The van der Waals surface area contributed by atoms with E-state index in [2.05, 4.69) is 74.7 Å². The molecular weight excluding hydrogens is 767 g/mol. The van der Waals surface area contributed by atoms with Crippen molar-refractivity contribution in [2.75, 3.05) is 6.61 Å². The molecular formula is C56H103NO5. The first kappa shape index (κ1) is 59.8. The van der Waals surface area contributed by atoms with Crippen LogP contribution in [0.1, 0.15) is 271 Å². The maximum atomic E-state index is 13.2. The maximum Gasteiger partial charge on any atom is 0.306 e. The Hall–Kier alpha value is -2.18. The monoisotopic (exact) mass is 870 g/mol. The van der Waals surface area contributed by atoms with Gasteiger partial charge in [-0.3, -0.25) is 9.59 Å². The molecule has 0 saturated carbocycles. The summed E-state index contributed by atoms with van der Waals surface area (Å²) in [5.41, 5.74) is 0. The molecule has 0 aromatic rings. The van der Waals surface area contributed by atoms with Crippen molar-refractivity contribution < 1.29 is 24.5 Å². The Morgan fingerprint density at radius 1 is 0.468 bits per heavy atom. The van der Waals surface area contributed by atoms with Crippen LogP contribution in [0.15, 0.2) is 48.6 Å². The quantitative estimate of drug-likeness (QED) is 0.0245. The van der Waals surface area contributed by atoms with Crippen LogP contribution in [0.4, 0.5) is 0 Å². The van der Waals surface area contributed by atoms with Crippen molar-refractivity contribution in [1.29, 1.82) is 0 Å².